The fraction of sp³-hybridized carbons (Fsp3) is 0.200. The molecule has 0 N–H and O–H groups in total. The van der Waals surface area contributed by atoms with Crippen molar-refractivity contribution in [1.29, 1.82) is 0 Å². The van der Waals surface area contributed by atoms with E-state index in [0.717, 1.165) is 0 Å². The van der Waals surface area contributed by atoms with Gasteiger partial charge in [-0.05, 0) is 18.6 Å². The second-order valence-corrected chi connectivity index (χ2v) is 2.64. The molecule has 0 saturated heterocycles. The van der Waals surface area contributed by atoms with Gasteiger partial charge < -0.3 is 0 Å². The van der Waals surface area contributed by atoms with Gasteiger partial charge in [0.2, 0.25) is 0 Å². The number of allylic oxidation sites excluding steroid dienone is 1. The van der Waals surface area contributed by atoms with Crippen LogP contribution in [0.1, 0.15) is 11.1 Å². The minimum absolute atomic E-state index is 0.0278. The average Bonchev–Trinajstić information content (AvgIpc) is 2.05. The van der Waals surface area contributed by atoms with Gasteiger partial charge in [0.1, 0.15) is 0 Å². The van der Waals surface area contributed by atoms with Gasteiger partial charge in [-0.2, -0.15) is 8.78 Å². The quantitative estimate of drug-likeness (QED) is 0.594. The molecule has 0 heterocycles. The molecule has 0 radical (unpaired) electrons. The fourth-order valence-corrected chi connectivity index (χ4v) is 1.06. The van der Waals surface area contributed by atoms with E-state index >= 15 is 0 Å². The Morgan fingerprint density at radius 3 is 2.42 bits per heavy atom. The van der Waals surface area contributed by atoms with Gasteiger partial charge in [0.25, 0.3) is 5.92 Å². The molecule has 0 fully saturated rings. The van der Waals surface area contributed by atoms with Crippen molar-refractivity contribution in [3.63, 3.8) is 0 Å². The molecule has 64 valence electrons. The smallest absolute Gasteiger partial charge is 0.197 e. The van der Waals surface area contributed by atoms with E-state index in [9.17, 15) is 8.78 Å². The zero-order valence-corrected chi connectivity index (χ0v) is 6.85. The molecule has 0 aliphatic carbocycles. The number of hydrogen-bond acceptors (Lipinski definition) is 0. The van der Waals surface area contributed by atoms with Crippen molar-refractivity contribution in [2.24, 2.45) is 0 Å². The van der Waals surface area contributed by atoms with Crippen molar-refractivity contribution < 1.29 is 8.78 Å². The number of rotatable bonds is 2. The molecule has 0 amide bonds. The lowest BCUT2D eigenvalue weighted by Crippen LogP contribution is -2.10. The summed E-state index contributed by atoms with van der Waals surface area (Å²) in [4.78, 5) is 0. The van der Waals surface area contributed by atoms with E-state index in [1.165, 1.54) is 6.07 Å². The van der Waals surface area contributed by atoms with Crippen LogP contribution < -0.4 is 0 Å². The molecule has 0 unspecified atom stereocenters. The third kappa shape index (κ3) is 1.52. The van der Waals surface area contributed by atoms with Crippen molar-refractivity contribution in [1.82, 2.24) is 0 Å². The molecule has 1 rings (SSSR count). The van der Waals surface area contributed by atoms with Crippen LogP contribution in [0, 0.1) is 6.92 Å². The van der Waals surface area contributed by atoms with Crippen molar-refractivity contribution in [2.75, 3.05) is 0 Å². The Balaban J connectivity index is 3.19. The molecule has 0 aliphatic rings. The Morgan fingerprint density at radius 1 is 1.33 bits per heavy atom. The monoisotopic (exact) mass is 168 g/mol. The maximum atomic E-state index is 13.0. The second-order valence-electron chi connectivity index (χ2n) is 2.64. The predicted molar refractivity (Wildman–Crippen MR) is 45.3 cm³/mol. The van der Waals surface area contributed by atoms with Crippen LogP contribution in [0.25, 0.3) is 0 Å². The van der Waals surface area contributed by atoms with Gasteiger partial charge in [0.05, 0.1) is 0 Å². The third-order valence-electron chi connectivity index (χ3n) is 1.76. The molecule has 0 bridgehead atoms. The maximum absolute atomic E-state index is 13.0. The number of alkyl halides is 2. The topological polar surface area (TPSA) is 0 Å². The molecule has 0 aliphatic heterocycles. The van der Waals surface area contributed by atoms with Crippen LogP contribution in [0.3, 0.4) is 0 Å². The first kappa shape index (κ1) is 8.91. The summed E-state index contributed by atoms with van der Waals surface area (Å²) in [5.41, 5.74) is 0.613. The largest absolute Gasteiger partial charge is 0.291 e. The van der Waals surface area contributed by atoms with Gasteiger partial charge in [-0.1, -0.05) is 30.8 Å². The molecule has 0 atom stereocenters. The summed E-state index contributed by atoms with van der Waals surface area (Å²) in [6.07, 6.45) is 0.662. The summed E-state index contributed by atoms with van der Waals surface area (Å²) in [5, 5.41) is 0. The number of halogens is 2. The Bertz CT molecular complexity index is 290. The minimum atomic E-state index is -2.91. The SMILES string of the molecule is C=CC(F)(F)c1ccccc1C. The maximum Gasteiger partial charge on any atom is 0.291 e. The average molecular weight is 168 g/mol. The van der Waals surface area contributed by atoms with Gasteiger partial charge in [-0.3, -0.25) is 0 Å². The van der Waals surface area contributed by atoms with Gasteiger partial charge in [0.15, 0.2) is 0 Å². The highest BCUT2D eigenvalue weighted by Gasteiger charge is 2.28. The molecule has 1 aromatic carbocycles. The molecule has 1 aromatic rings. The first-order valence-corrected chi connectivity index (χ1v) is 3.65. The molecule has 0 nitrogen and oxygen atoms in total. The predicted octanol–water partition coefficient (Wildman–Crippen LogP) is 3.27. The highest BCUT2D eigenvalue weighted by molar-refractivity contribution is 5.32. The Morgan fingerprint density at radius 2 is 1.92 bits per heavy atom. The van der Waals surface area contributed by atoms with Crippen molar-refractivity contribution in [3.05, 3.63) is 48.0 Å². The summed E-state index contributed by atoms with van der Waals surface area (Å²) in [7, 11) is 0. The summed E-state index contributed by atoms with van der Waals surface area (Å²) >= 11 is 0. The van der Waals surface area contributed by atoms with Crippen molar-refractivity contribution in [2.45, 2.75) is 12.8 Å². The summed E-state index contributed by atoms with van der Waals surface area (Å²) < 4.78 is 26.1. The third-order valence-corrected chi connectivity index (χ3v) is 1.76. The molecule has 0 spiro atoms. The van der Waals surface area contributed by atoms with Crippen LogP contribution in [0.15, 0.2) is 36.9 Å². The van der Waals surface area contributed by atoms with Crippen LogP contribution in [0.4, 0.5) is 8.78 Å². The molecule has 0 saturated carbocycles. The standard InChI is InChI=1S/C10H10F2/c1-3-10(11,12)9-7-5-4-6-8(9)2/h3-7H,1H2,2H3. The first-order valence-electron chi connectivity index (χ1n) is 3.65. The van der Waals surface area contributed by atoms with E-state index < -0.39 is 5.92 Å². The summed E-state index contributed by atoms with van der Waals surface area (Å²) in [6, 6.07) is 6.40. The highest BCUT2D eigenvalue weighted by Crippen LogP contribution is 2.30. The van der Waals surface area contributed by atoms with E-state index in [-0.39, 0.29) is 5.56 Å². The Labute approximate surface area is 70.5 Å². The summed E-state index contributed by atoms with van der Waals surface area (Å²) in [5.74, 6) is -2.91. The minimum Gasteiger partial charge on any atom is -0.197 e. The van der Waals surface area contributed by atoms with Gasteiger partial charge >= 0.3 is 0 Å². The van der Waals surface area contributed by atoms with E-state index in [1.54, 1.807) is 25.1 Å². The Kier molecular flexibility index (Phi) is 2.27. The van der Waals surface area contributed by atoms with E-state index in [4.69, 9.17) is 0 Å². The fourth-order valence-electron chi connectivity index (χ4n) is 1.06. The zero-order chi connectivity index (χ0) is 9.19. The molecule has 12 heavy (non-hydrogen) atoms. The van der Waals surface area contributed by atoms with Gasteiger partial charge in [0, 0.05) is 5.56 Å². The van der Waals surface area contributed by atoms with E-state index in [1.807, 2.05) is 0 Å². The number of benzene rings is 1. The lowest BCUT2D eigenvalue weighted by atomic mass is 10.0. The van der Waals surface area contributed by atoms with Crippen LogP contribution in [0.2, 0.25) is 0 Å². The number of hydrogen-bond donors (Lipinski definition) is 0. The van der Waals surface area contributed by atoms with Crippen molar-refractivity contribution >= 4 is 0 Å². The second kappa shape index (κ2) is 3.05. The first-order chi connectivity index (χ1) is 5.58. The van der Waals surface area contributed by atoms with E-state index in [2.05, 4.69) is 6.58 Å². The Hall–Kier alpha value is -1.18. The van der Waals surface area contributed by atoms with Gasteiger partial charge in [-0.25, -0.2) is 0 Å². The van der Waals surface area contributed by atoms with Crippen LogP contribution in [-0.2, 0) is 5.92 Å². The van der Waals surface area contributed by atoms with Gasteiger partial charge in [-0.15, -0.1) is 0 Å². The van der Waals surface area contributed by atoms with Crippen LogP contribution in [0.5, 0.6) is 0 Å². The lowest BCUT2D eigenvalue weighted by Gasteiger charge is -2.13. The zero-order valence-electron chi connectivity index (χ0n) is 6.85. The van der Waals surface area contributed by atoms with Crippen molar-refractivity contribution in [3.8, 4) is 0 Å². The molecular weight excluding hydrogens is 158 g/mol. The molecule has 2 heteroatoms. The molecule has 0 aromatic heterocycles. The highest BCUT2D eigenvalue weighted by atomic mass is 19.3. The van der Waals surface area contributed by atoms with Crippen LogP contribution >= 0.6 is 0 Å². The van der Waals surface area contributed by atoms with Crippen LogP contribution in [-0.4, -0.2) is 0 Å². The normalized spacial score (nSPS) is 11.2. The summed E-state index contributed by atoms with van der Waals surface area (Å²) in [6.45, 7) is 4.76. The molecular formula is C10H10F2. The number of aryl methyl sites for hydroxylation is 1. The lowest BCUT2D eigenvalue weighted by molar-refractivity contribution is 0.0519. The van der Waals surface area contributed by atoms with E-state index in [0.29, 0.717) is 11.6 Å².